The Morgan fingerprint density at radius 3 is 1.33 bits per heavy atom. The third-order valence-corrected chi connectivity index (χ3v) is 0.707. The first-order valence-corrected chi connectivity index (χ1v) is 4.67. The Morgan fingerprint density at radius 2 is 1.19 bits per heavy atom. The fourth-order valence-corrected chi connectivity index (χ4v) is 0.323. The molecular formula is C9H12F6O6. The van der Waals surface area contributed by atoms with Crippen LogP contribution in [0.5, 0.6) is 0 Å². The number of carbonyl (C=O) groups excluding carboxylic acids is 1. The number of carbonyl (C=O) groups is 2. The summed E-state index contributed by atoms with van der Waals surface area (Å²) in [6.07, 6.45) is -11.7. The quantitative estimate of drug-likeness (QED) is 0.456. The molecule has 0 radical (unpaired) electrons. The van der Waals surface area contributed by atoms with Crippen LogP contribution in [0.25, 0.3) is 0 Å². The van der Waals surface area contributed by atoms with E-state index in [-0.39, 0.29) is 0 Å². The van der Waals surface area contributed by atoms with E-state index in [1.54, 1.807) is 6.08 Å². The Kier molecular flexibility index (Phi) is 13.3. The highest BCUT2D eigenvalue weighted by atomic mass is 19.4. The van der Waals surface area contributed by atoms with Crippen molar-refractivity contribution in [3.8, 4) is 0 Å². The lowest BCUT2D eigenvalue weighted by Crippen LogP contribution is -2.24. The molecule has 0 aliphatic carbocycles. The Morgan fingerprint density at radius 1 is 1.00 bits per heavy atom. The monoisotopic (exact) mass is 330 g/mol. The number of ether oxygens (including phenoxy) is 2. The van der Waals surface area contributed by atoms with Gasteiger partial charge in [0, 0.05) is 0 Å². The van der Waals surface area contributed by atoms with Crippen LogP contribution >= 0.6 is 0 Å². The molecule has 0 aromatic heterocycles. The first-order chi connectivity index (χ1) is 9.25. The van der Waals surface area contributed by atoms with Gasteiger partial charge in [0.15, 0.2) is 13.2 Å². The van der Waals surface area contributed by atoms with Crippen molar-refractivity contribution in [3.05, 3.63) is 12.7 Å². The van der Waals surface area contributed by atoms with Gasteiger partial charge in [0.05, 0.1) is 0 Å². The summed E-state index contributed by atoms with van der Waals surface area (Å²) in [6, 6.07) is 0. The molecule has 126 valence electrons. The highest BCUT2D eigenvalue weighted by Crippen LogP contribution is 2.17. The van der Waals surface area contributed by atoms with Gasteiger partial charge in [-0.05, 0) is 6.92 Å². The van der Waals surface area contributed by atoms with E-state index in [0.717, 1.165) is 0 Å². The Bertz CT molecular complexity index is 287. The molecule has 0 amide bonds. The average molecular weight is 330 g/mol. The lowest BCUT2D eigenvalue weighted by atomic mass is 10.7. The molecule has 0 unspecified atom stereocenters. The third-order valence-electron chi connectivity index (χ3n) is 0.707. The molecular weight excluding hydrogens is 318 g/mol. The summed E-state index contributed by atoms with van der Waals surface area (Å²) in [6.45, 7) is 1.29. The topological polar surface area (TPSA) is 93.1 Å². The van der Waals surface area contributed by atoms with E-state index in [9.17, 15) is 31.1 Å². The van der Waals surface area contributed by atoms with E-state index in [2.05, 4.69) is 16.1 Å². The largest absolute Gasteiger partial charge is 0.508 e. The molecule has 2 N–H and O–H groups in total. The molecule has 0 heterocycles. The molecule has 0 aromatic carbocycles. The van der Waals surface area contributed by atoms with E-state index in [1.165, 1.54) is 0 Å². The minimum absolute atomic E-state index is 1.75. The second-order valence-electron chi connectivity index (χ2n) is 2.75. The van der Waals surface area contributed by atoms with Gasteiger partial charge in [0.1, 0.15) is 0 Å². The number of hydrogen-bond donors (Lipinski definition) is 2. The average Bonchev–Trinajstić information content (AvgIpc) is 2.22. The molecule has 6 nitrogen and oxygen atoms in total. The van der Waals surface area contributed by atoms with Crippen molar-refractivity contribution in [2.24, 2.45) is 0 Å². The van der Waals surface area contributed by atoms with E-state index in [0.29, 0.717) is 0 Å². The predicted octanol–water partition coefficient (Wildman–Crippen LogP) is 3.68. The summed E-state index contributed by atoms with van der Waals surface area (Å²) in [5.41, 5.74) is 0. The van der Waals surface area contributed by atoms with Crippen LogP contribution in [-0.2, 0) is 9.47 Å². The van der Waals surface area contributed by atoms with Crippen LogP contribution in [0, 0.1) is 0 Å². The van der Waals surface area contributed by atoms with Gasteiger partial charge in [-0.2, -0.15) is 26.3 Å². The van der Waals surface area contributed by atoms with Crippen molar-refractivity contribution in [2.75, 3.05) is 13.2 Å². The normalized spacial score (nSPS) is 10.0. The van der Waals surface area contributed by atoms with Crippen LogP contribution < -0.4 is 0 Å². The predicted molar refractivity (Wildman–Crippen MR) is 55.9 cm³/mol. The molecule has 0 saturated heterocycles. The van der Waals surface area contributed by atoms with E-state index in [4.69, 9.17) is 15.0 Å². The van der Waals surface area contributed by atoms with Gasteiger partial charge >= 0.3 is 24.7 Å². The summed E-state index contributed by atoms with van der Waals surface area (Å²) in [5.74, 6) is 0. The van der Waals surface area contributed by atoms with Gasteiger partial charge in [-0.3, -0.25) is 0 Å². The molecule has 0 saturated carbocycles. The second-order valence-corrected chi connectivity index (χ2v) is 2.75. The summed E-state index contributed by atoms with van der Waals surface area (Å²) >= 11 is 0. The Hall–Kier alpha value is -2.14. The Labute approximate surface area is 114 Å². The first-order valence-electron chi connectivity index (χ1n) is 4.67. The van der Waals surface area contributed by atoms with Gasteiger partial charge in [-0.1, -0.05) is 6.08 Å². The summed E-state index contributed by atoms with van der Waals surface area (Å²) in [7, 11) is 0. The molecule has 21 heavy (non-hydrogen) atoms. The summed E-state index contributed by atoms with van der Waals surface area (Å²) < 4.78 is 74.6. The SMILES string of the molecule is C=CC.O=C(O)O.O=C(OCC(F)(F)F)OCC(F)(F)F. The smallest absolute Gasteiger partial charge is 0.450 e. The minimum atomic E-state index is -4.79. The zero-order valence-corrected chi connectivity index (χ0v) is 10.5. The first kappa shape index (κ1) is 23.9. The minimum Gasteiger partial charge on any atom is -0.450 e. The highest BCUT2D eigenvalue weighted by molar-refractivity contribution is 5.59. The van der Waals surface area contributed by atoms with Gasteiger partial charge in [0.2, 0.25) is 0 Å². The van der Waals surface area contributed by atoms with Crippen molar-refractivity contribution in [3.63, 3.8) is 0 Å². The van der Waals surface area contributed by atoms with Crippen LogP contribution in [0.4, 0.5) is 35.9 Å². The maximum atomic E-state index is 11.3. The maximum absolute atomic E-state index is 11.3. The fraction of sp³-hybridized carbons (Fsp3) is 0.556. The molecule has 0 bridgehead atoms. The molecule has 0 rings (SSSR count). The van der Waals surface area contributed by atoms with Gasteiger partial charge in [-0.25, -0.2) is 9.59 Å². The standard InChI is InChI=1S/C5H4F6O3.C3H6.CH2O3/c6-4(7,8)1-13-3(12)14-2-5(9,10)11;1-3-2;2-1(3)4/h1-2H2;3H,1H2,2H3;(H2,2,3,4). The molecule has 0 fully saturated rings. The van der Waals surface area contributed by atoms with E-state index >= 15 is 0 Å². The molecule has 0 spiro atoms. The number of allylic oxidation sites excluding steroid dienone is 1. The summed E-state index contributed by atoms with van der Waals surface area (Å²) in [4.78, 5) is 18.6. The van der Waals surface area contributed by atoms with Crippen molar-refractivity contribution < 1.29 is 55.6 Å². The highest BCUT2D eigenvalue weighted by Gasteiger charge is 2.32. The van der Waals surface area contributed by atoms with Crippen LogP contribution in [0.1, 0.15) is 6.92 Å². The van der Waals surface area contributed by atoms with Crippen LogP contribution in [0.2, 0.25) is 0 Å². The third kappa shape index (κ3) is 46.2. The van der Waals surface area contributed by atoms with Gasteiger partial charge < -0.3 is 19.7 Å². The molecule has 0 atom stereocenters. The van der Waals surface area contributed by atoms with Crippen molar-refractivity contribution in [1.29, 1.82) is 0 Å². The number of alkyl halides is 6. The molecule has 12 heteroatoms. The number of halogens is 6. The van der Waals surface area contributed by atoms with Crippen molar-refractivity contribution >= 4 is 12.3 Å². The van der Waals surface area contributed by atoms with Crippen LogP contribution in [-0.4, -0.2) is 48.1 Å². The maximum Gasteiger partial charge on any atom is 0.508 e. The second kappa shape index (κ2) is 11.7. The zero-order valence-electron chi connectivity index (χ0n) is 10.5. The van der Waals surface area contributed by atoms with Crippen LogP contribution in [0.3, 0.4) is 0 Å². The van der Waals surface area contributed by atoms with Gasteiger partial charge in [-0.15, -0.1) is 6.58 Å². The summed E-state index contributed by atoms with van der Waals surface area (Å²) in [5, 5.41) is 13.9. The number of rotatable bonds is 2. The van der Waals surface area contributed by atoms with Gasteiger partial charge in [0.25, 0.3) is 0 Å². The van der Waals surface area contributed by atoms with Crippen molar-refractivity contribution in [2.45, 2.75) is 19.3 Å². The van der Waals surface area contributed by atoms with Crippen molar-refractivity contribution in [1.82, 2.24) is 0 Å². The van der Waals surface area contributed by atoms with E-state index in [1.807, 2.05) is 6.92 Å². The molecule has 0 aromatic rings. The fourth-order valence-electron chi connectivity index (χ4n) is 0.323. The lowest BCUT2D eigenvalue weighted by Gasteiger charge is -2.09. The molecule has 0 aliphatic heterocycles. The van der Waals surface area contributed by atoms with Crippen LogP contribution in [0.15, 0.2) is 12.7 Å². The zero-order chi connectivity index (χ0) is 17.7. The Balaban J connectivity index is -0.000000386. The van der Waals surface area contributed by atoms with E-state index < -0.39 is 37.9 Å². The number of hydrogen-bond acceptors (Lipinski definition) is 4. The lowest BCUT2D eigenvalue weighted by molar-refractivity contribution is -0.182. The molecule has 0 aliphatic rings. The number of carboxylic acid groups (broad SMARTS) is 2.